The lowest BCUT2D eigenvalue weighted by Crippen LogP contribution is -2.09. The first-order valence-electron chi connectivity index (χ1n) is 6.60. The Kier molecular flexibility index (Phi) is 3.76. The molecule has 0 spiro atoms. The highest BCUT2D eigenvalue weighted by Gasteiger charge is 2.14. The normalized spacial score (nSPS) is 11.2. The van der Waals surface area contributed by atoms with Gasteiger partial charge in [-0.1, -0.05) is 29.5 Å². The SMILES string of the molecule is O=c1[nH]c(-c2ccc(Br)s2)nc2c1sc(=S)n2-c1ccccc1. The lowest BCUT2D eigenvalue weighted by Gasteiger charge is -2.04. The number of aromatic nitrogens is 3. The first-order valence-corrected chi connectivity index (χ1v) is 9.44. The molecule has 0 fully saturated rings. The average molecular weight is 422 g/mol. The van der Waals surface area contributed by atoms with Crippen LogP contribution in [-0.4, -0.2) is 14.5 Å². The summed E-state index contributed by atoms with van der Waals surface area (Å²) in [5.74, 6) is 0.552. The van der Waals surface area contributed by atoms with Crippen LogP contribution in [0.3, 0.4) is 0 Å². The Hall–Kier alpha value is -1.61. The van der Waals surface area contributed by atoms with Crippen molar-refractivity contribution >= 4 is 61.2 Å². The molecule has 4 nitrogen and oxygen atoms in total. The van der Waals surface area contributed by atoms with Crippen molar-refractivity contribution in [3.8, 4) is 16.4 Å². The monoisotopic (exact) mass is 421 g/mol. The second-order valence-corrected chi connectivity index (χ2v) is 8.82. The molecule has 0 aliphatic rings. The quantitative estimate of drug-likeness (QED) is 0.463. The fourth-order valence-corrected chi connectivity index (χ4v) is 4.88. The number of benzene rings is 1. The molecule has 0 unspecified atom stereocenters. The number of hydrogen-bond donors (Lipinski definition) is 1. The molecule has 0 amide bonds. The maximum absolute atomic E-state index is 12.4. The smallest absolute Gasteiger partial charge is 0.270 e. The molecule has 0 atom stereocenters. The van der Waals surface area contributed by atoms with Gasteiger partial charge in [0.1, 0.15) is 4.70 Å². The standard InChI is InChI=1S/C15H8BrN3OS3/c16-10-7-6-9(22-10)12-17-13-11(14(20)18-12)23-15(21)19(13)8-4-2-1-3-5-8/h1-7H,(H,17,18,20). The number of aromatic amines is 1. The molecule has 0 aliphatic carbocycles. The van der Waals surface area contributed by atoms with Gasteiger partial charge in [-0.25, -0.2) is 4.98 Å². The van der Waals surface area contributed by atoms with E-state index in [2.05, 4.69) is 25.9 Å². The zero-order valence-corrected chi connectivity index (χ0v) is 15.5. The molecule has 114 valence electrons. The third-order valence-electron chi connectivity index (χ3n) is 3.26. The minimum Gasteiger partial charge on any atom is -0.304 e. The van der Waals surface area contributed by atoms with Crippen LogP contribution in [0.25, 0.3) is 26.7 Å². The summed E-state index contributed by atoms with van der Waals surface area (Å²) >= 11 is 11.7. The van der Waals surface area contributed by atoms with Crippen molar-refractivity contribution in [1.82, 2.24) is 14.5 Å². The molecule has 0 saturated heterocycles. The Morgan fingerprint density at radius 1 is 1.13 bits per heavy atom. The second-order valence-electron chi connectivity index (χ2n) is 4.71. The molecule has 0 saturated carbocycles. The van der Waals surface area contributed by atoms with E-state index in [1.807, 2.05) is 47.0 Å². The maximum atomic E-state index is 12.4. The Balaban J connectivity index is 2.05. The van der Waals surface area contributed by atoms with Gasteiger partial charge < -0.3 is 4.98 Å². The molecule has 8 heteroatoms. The molecule has 3 heterocycles. The van der Waals surface area contributed by atoms with Gasteiger partial charge in [0, 0.05) is 5.69 Å². The minimum absolute atomic E-state index is 0.166. The molecular weight excluding hydrogens is 414 g/mol. The minimum atomic E-state index is -0.166. The van der Waals surface area contributed by atoms with Gasteiger partial charge in [0.15, 0.2) is 15.4 Å². The Morgan fingerprint density at radius 3 is 2.61 bits per heavy atom. The number of para-hydroxylation sites is 1. The van der Waals surface area contributed by atoms with Crippen molar-refractivity contribution < 1.29 is 0 Å². The summed E-state index contributed by atoms with van der Waals surface area (Å²) in [7, 11) is 0. The highest BCUT2D eigenvalue weighted by atomic mass is 79.9. The highest BCUT2D eigenvalue weighted by molar-refractivity contribution is 9.11. The molecule has 0 aliphatic heterocycles. The summed E-state index contributed by atoms with van der Waals surface area (Å²) in [5, 5.41) is 0. The number of rotatable bonds is 2. The van der Waals surface area contributed by atoms with Crippen LogP contribution in [0.2, 0.25) is 0 Å². The van der Waals surface area contributed by atoms with Crippen LogP contribution in [0.15, 0.2) is 51.0 Å². The number of hydrogen-bond acceptors (Lipinski definition) is 5. The number of fused-ring (bicyclic) bond motifs is 1. The highest BCUT2D eigenvalue weighted by Crippen LogP contribution is 2.30. The second kappa shape index (κ2) is 5.79. The number of nitrogens with zero attached hydrogens (tertiary/aromatic N) is 2. The van der Waals surface area contributed by atoms with Gasteiger partial charge in [0.05, 0.1) is 8.66 Å². The fourth-order valence-electron chi connectivity index (χ4n) is 2.28. The van der Waals surface area contributed by atoms with Crippen LogP contribution in [0.1, 0.15) is 0 Å². The van der Waals surface area contributed by atoms with E-state index < -0.39 is 0 Å². The van der Waals surface area contributed by atoms with E-state index >= 15 is 0 Å². The number of thiazole rings is 1. The molecule has 3 aromatic heterocycles. The lowest BCUT2D eigenvalue weighted by atomic mass is 10.3. The zero-order valence-electron chi connectivity index (χ0n) is 11.4. The summed E-state index contributed by atoms with van der Waals surface area (Å²) < 4.78 is 3.98. The molecule has 0 radical (unpaired) electrons. The molecule has 0 bridgehead atoms. The van der Waals surface area contributed by atoms with Gasteiger partial charge in [-0.05, 0) is 52.4 Å². The molecule has 4 rings (SSSR count). The van der Waals surface area contributed by atoms with Crippen molar-refractivity contribution in [2.24, 2.45) is 0 Å². The average Bonchev–Trinajstić information content (AvgIpc) is 3.11. The van der Waals surface area contributed by atoms with E-state index in [0.717, 1.165) is 14.4 Å². The third kappa shape index (κ3) is 2.61. The predicted octanol–water partition coefficient (Wildman–Crippen LogP) is 5.00. The van der Waals surface area contributed by atoms with E-state index in [0.29, 0.717) is 20.1 Å². The molecular formula is C15H8BrN3OS3. The molecule has 1 aromatic carbocycles. The van der Waals surface area contributed by atoms with E-state index in [1.54, 1.807) is 0 Å². The fraction of sp³-hybridized carbons (Fsp3) is 0. The van der Waals surface area contributed by atoms with Crippen molar-refractivity contribution in [3.05, 3.63) is 60.6 Å². The number of halogens is 1. The Labute approximate surface area is 152 Å². The maximum Gasteiger partial charge on any atom is 0.270 e. The van der Waals surface area contributed by atoms with Crippen LogP contribution in [-0.2, 0) is 0 Å². The van der Waals surface area contributed by atoms with Crippen molar-refractivity contribution in [2.75, 3.05) is 0 Å². The van der Waals surface area contributed by atoms with Crippen LogP contribution in [0.4, 0.5) is 0 Å². The largest absolute Gasteiger partial charge is 0.304 e. The summed E-state index contributed by atoms with van der Waals surface area (Å²) in [6.07, 6.45) is 0. The summed E-state index contributed by atoms with van der Waals surface area (Å²) in [4.78, 5) is 20.8. The van der Waals surface area contributed by atoms with Crippen molar-refractivity contribution in [3.63, 3.8) is 0 Å². The van der Waals surface area contributed by atoms with Crippen LogP contribution in [0.5, 0.6) is 0 Å². The van der Waals surface area contributed by atoms with E-state index in [9.17, 15) is 4.79 Å². The molecule has 23 heavy (non-hydrogen) atoms. The van der Waals surface area contributed by atoms with E-state index in [1.165, 1.54) is 22.7 Å². The summed E-state index contributed by atoms with van der Waals surface area (Å²) in [6.45, 7) is 0. The Bertz CT molecular complexity index is 1120. The number of nitrogens with one attached hydrogen (secondary N) is 1. The number of thiophene rings is 1. The summed E-state index contributed by atoms with van der Waals surface area (Å²) in [5.41, 5.74) is 1.33. The van der Waals surface area contributed by atoms with E-state index in [4.69, 9.17) is 12.2 Å². The van der Waals surface area contributed by atoms with Crippen molar-refractivity contribution in [1.29, 1.82) is 0 Å². The Morgan fingerprint density at radius 2 is 1.91 bits per heavy atom. The third-order valence-corrected chi connectivity index (χ3v) is 6.26. The first kappa shape index (κ1) is 14.9. The van der Waals surface area contributed by atoms with Crippen LogP contribution in [0, 0.1) is 3.95 Å². The van der Waals surface area contributed by atoms with Crippen molar-refractivity contribution in [2.45, 2.75) is 0 Å². The topological polar surface area (TPSA) is 50.7 Å². The predicted molar refractivity (Wildman–Crippen MR) is 101 cm³/mol. The first-order chi connectivity index (χ1) is 11.1. The summed E-state index contributed by atoms with van der Waals surface area (Å²) in [6, 6.07) is 13.6. The van der Waals surface area contributed by atoms with Gasteiger partial charge in [0.2, 0.25) is 0 Å². The van der Waals surface area contributed by atoms with Gasteiger partial charge in [-0.2, -0.15) is 0 Å². The van der Waals surface area contributed by atoms with Gasteiger partial charge in [-0.3, -0.25) is 9.36 Å². The molecule has 1 N–H and O–H groups in total. The lowest BCUT2D eigenvalue weighted by molar-refractivity contribution is 1.06. The van der Waals surface area contributed by atoms with Crippen LogP contribution >= 0.6 is 50.8 Å². The van der Waals surface area contributed by atoms with E-state index in [-0.39, 0.29) is 5.56 Å². The number of H-pyrrole nitrogens is 1. The van der Waals surface area contributed by atoms with Gasteiger partial charge in [-0.15, -0.1) is 11.3 Å². The van der Waals surface area contributed by atoms with Gasteiger partial charge in [0.25, 0.3) is 5.56 Å². The van der Waals surface area contributed by atoms with Crippen LogP contribution < -0.4 is 5.56 Å². The van der Waals surface area contributed by atoms with Gasteiger partial charge >= 0.3 is 0 Å². The zero-order chi connectivity index (χ0) is 16.0. The molecule has 4 aromatic rings.